The number of rotatable bonds is 13. The van der Waals surface area contributed by atoms with E-state index in [0.29, 0.717) is 28.9 Å². The number of nitrogens with zero attached hydrogens (tertiary/aromatic N) is 11. The number of aliphatic hydroxyl groups excluding tert-OH is 1. The van der Waals surface area contributed by atoms with Crippen LogP contribution in [0.1, 0.15) is 100 Å². The van der Waals surface area contributed by atoms with Crippen LogP contribution in [-0.4, -0.2) is 65.7 Å². The molecule has 22 aromatic rings. The van der Waals surface area contributed by atoms with Gasteiger partial charge in [0, 0.05) is 152 Å². The van der Waals surface area contributed by atoms with E-state index in [1.54, 1.807) is 18.6 Å². The van der Waals surface area contributed by atoms with Crippen molar-refractivity contribution in [3.05, 3.63) is 464 Å². The maximum absolute atomic E-state index is 10.0. The van der Waals surface area contributed by atoms with E-state index < -0.39 is 5.89 Å². The summed E-state index contributed by atoms with van der Waals surface area (Å²) in [7, 11) is 0. The molecule has 0 amide bonds. The van der Waals surface area contributed by atoms with Crippen LogP contribution in [0, 0.1) is 77.9 Å². The molecular formula is C125H103Ir4N11O4-6. The Bertz CT molecular complexity index is 7700. The Morgan fingerprint density at radius 2 is 0.757 bits per heavy atom. The molecule has 144 heavy (non-hydrogen) atoms. The Morgan fingerprint density at radius 1 is 0.347 bits per heavy atom. The van der Waals surface area contributed by atoms with Crippen molar-refractivity contribution < 1.29 is 101 Å². The predicted molar refractivity (Wildman–Crippen MR) is 568 cm³/mol. The van der Waals surface area contributed by atoms with Crippen LogP contribution < -0.4 is 0 Å². The maximum atomic E-state index is 10.0. The average Bonchev–Trinajstić information content (AvgIpc) is 1.62. The molecule has 0 fully saturated rings. The molecular weight excluding hydrogens is 2490 g/mol. The van der Waals surface area contributed by atoms with Gasteiger partial charge in [0.15, 0.2) is 17.4 Å². The summed E-state index contributed by atoms with van der Waals surface area (Å²) in [6, 6.07) is 133. The third kappa shape index (κ3) is 28.4. The first kappa shape index (κ1) is 107. The van der Waals surface area contributed by atoms with Crippen molar-refractivity contribution in [2.45, 2.75) is 101 Å². The van der Waals surface area contributed by atoms with Crippen LogP contribution in [0.25, 0.3) is 179 Å². The Kier molecular flexibility index (Phi) is 38.0. The molecule has 15 nitrogen and oxygen atoms in total. The molecule has 0 atom stereocenters. The van der Waals surface area contributed by atoms with E-state index in [2.05, 4.69) is 252 Å². The average molecular weight is 2590 g/mol. The van der Waals surface area contributed by atoms with E-state index in [1.165, 1.54) is 64.3 Å². The van der Waals surface area contributed by atoms with Crippen molar-refractivity contribution in [3.8, 4) is 124 Å². The maximum Gasteiger partial charge on any atom is 0.216 e. The van der Waals surface area contributed by atoms with Crippen LogP contribution in [0.2, 0.25) is 0 Å². The van der Waals surface area contributed by atoms with Crippen molar-refractivity contribution in [2.24, 2.45) is 0 Å². The molecule has 0 spiro atoms. The number of carbonyl (C=O) groups excluding carboxylic acids is 1. The van der Waals surface area contributed by atoms with Gasteiger partial charge in [-0.2, -0.15) is 0 Å². The molecule has 724 valence electrons. The van der Waals surface area contributed by atoms with Gasteiger partial charge in [-0.25, -0.2) is 24.9 Å². The van der Waals surface area contributed by atoms with E-state index in [4.69, 9.17) is 30.3 Å². The van der Waals surface area contributed by atoms with Gasteiger partial charge in [-0.1, -0.05) is 266 Å². The third-order valence-corrected chi connectivity index (χ3v) is 22.9. The fourth-order valence-electron chi connectivity index (χ4n) is 15.3. The predicted octanol–water partition coefficient (Wildman–Crippen LogP) is 30.9. The number of hydrogen-bond acceptors (Lipinski definition) is 15. The summed E-state index contributed by atoms with van der Waals surface area (Å²) in [4.78, 5) is 60.2. The monoisotopic (exact) mass is 2590 g/mol. The zero-order chi connectivity index (χ0) is 98.5. The molecule has 0 saturated carbocycles. The van der Waals surface area contributed by atoms with Gasteiger partial charge in [0.1, 0.15) is 5.82 Å². The summed E-state index contributed by atoms with van der Waals surface area (Å²) in [5, 5.41) is 13.6. The first-order valence-corrected chi connectivity index (χ1v) is 46.1. The van der Waals surface area contributed by atoms with Crippen molar-refractivity contribution in [2.75, 3.05) is 0 Å². The van der Waals surface area contributed by atoms with Crippen molar-refractivity contribution in [3.63, 3.8) is 0 Å². The molecule has 0 aliphatic carbocycles. The van der Waals surface area contributed by atoms with E-state index >= 15 is 0 Å². The topological polar surface area (TPSA) is 205 Å². The van der Waals surface area contributed by atoms with Crippen LogP contribution in [-0.2, 0) is 90.6 Å². The van der Waals surface area contributed by atoms with Gasteiger partial charge in [-0.3, -0.25) is 9.78 Å². The molecule has 0 unspecified atom stereocenters. The second-order valence-corrected chi connectivity index (χ2v) is 35.1. The standard InChI is InChI=1S/C28H21N4.2C24H17N2O.C15H10N.C15H16N.C14H14N.C5H8O2.4Ir/c1-19-6-10-22(11-7-19)26-30-27(23-12-8-20(2)9-13-23)32-28(31-26)24-16-14-21(15-17-24)25-5-3-4-18-29-25;2*1-15-6-9-17(10-7-15)18-12-13-25-22(14-18)21-5-3-4-19-20-11-8-16(2)26-24(20)27-23(19)21;1-2-6-12(7-3-1)15-11-10-13-8-4-5-9-14(13)16-15;1-15(2,3)13-9-7-12(8-10-13)14-6-4-5-11-16-14;1-11(2)12-6-8-13(9-7-12)14-5-3-4-10-15-14;1-4(6)3-5(2)7;;;;/h3-14,16-18H,1-2H3;2*3-4,6-14H,1-2H3;1-6,8-11H;4-7,9-11H,1-3H3;3-8,10-11H,1-2H3;3,6H,1-2H3;;;;/q6*-1;;;;;/i;;;;;11D;;;;;. The normalized spacial score (nSPS) is 10.9. The Hall–Kier alpha value is -14.7. The minimum atomic E-state index is -0.570. The second kappa shape index (κ2) is 51.3. The van der Waals surface area contributed by atoms with Gasteiger partial charge in [-0.15, -0.1) is 173 Å². The summed E-state index contributed by atoms with van der Waals surface area (Å²) in [6.45, 7) is 25.5. The van der Waals surface area contributed by atoms with E-state index in [0.717, 1.165) is 151 Å². The van der Waals surface area contributed by atoms with Gasteiger partial charge in [0.05, 0.1) is 22.4 Å². The number of hydrogen-bond donors (Lipinski definition) is 1. The Labute approximate surface area is 897 Å². The third-order valence-electron chi connectivity index (χ3n) is 22.9. The minimum absolute atomic E-state index is 0. The molecule has 0 aliphatic rings. The number of carbonyl (C=O) groups is 1. The summed E-state index contributed by atoms with van der Waals surface area (Å²) in [5.74, 6) is 1.29. The molecule has 0 bridgehead atoms. The number of fused-ring (bicyclic) bond motifs is 7. The number of para-hydroxylation sites is 1. The molecule has 0 saturated heterocycles. The van der Waals surface area contributed by atoms with Crippen LogP contribution >= 0.6 is 0 Å². The zero-order valence-electron chi connectivity index (χ0n) is 82.7. The first-order chi connectivity index (χ1) is 68.2. The quantitative estimate of drug-likeness (QED) is 0.0647. The van der Waals surface area contributed by atoms with Gasteiger partial charge in [-0.05, 0) is 183 Å². The summed E-state index contributed by atoms with van der Waals surface area (Å²) in [6.07, 6.45) is 10.2. The Morgan fingerprint density at radius 3 is 1.15 bits per heavy atom. The molecule has 11 heterocycles. The van der Waals surface area contributed by atoms with Gasteiger partial charge >= 0.3 is 0 Å². The number of aryl methyl sites for hydroxylation is 6. The SMILES string of the molecule is CC(=O)C=C(C)O.CC(C)(C)c1c[c-]c(-c2ccccn2)cc1.Cc1ccc(-c2ccnc(-c3[c-]ccc4c3oc3nc(C)ccc34)c2)cc1.Cc1ccc(-c2ccnc(-c3[c-]ccc4c3oc3nc(C)ccc34)c2)cc1.Cc1ccc(-c2nc(-c3c[c-]c(-c4ccccn4)cc3)nc(-c3ccc(C)cc3)n2)cc1.[2H]C(C)(C)c1c[c-]c(-c2ccccn2)cc1.[Ir].[Ir].[Ir].[Ir].[c-]1ccccc1-c1ccc2ccccc2n1. The fraction of sp³-hybridized carbons (Fsp3) is 0.120. The van der Waals surface area contributed by atoms with Crippen LogP contribution in [0.4, 0.5) is 0 Å². The van der Waals surface area contributed by atoms with E-state index in [-0.39, 0.29) is 97.4 Å². The zero-order valence-corrected chi connectivity index (χ0v) is 91.3. The number of benzene rings is 11. The fourth-order valence-corrected chi connectivity index (χ4v) is 15.3. The van der Waals surface area contributed by atoms with Gasteiger partial charge < -0.3 is 38.9 Å². The summed E-state index contributed by atoms with van der Waals surface area (Å²) >= 11 is 0. The van der Waals surface area contributed by atoms with E-state index in [9.17, 15) is 4.79 Å². The first-order valence-electron chi connectivity index (χ1n) is 46.6. The van der Waals surface area contributed by atoms with Gasteiger partial charge in [0.25, 0.3) is 0 Å². The second-order valence-electron chi connectivity index (χ2n) is 35.1. The summed E-state index contributed by atoms with van der Waals surface area (Å²) in [5.41, 5.74) is 31.6. The van der Waals surface area contributed by atoms with Crippen LogP contribution in [0.5, 0.6) is 0 Å². The molecule has 11 aromatic heterocycles. The molecule has 22 rings (SSSR count). The number of allylic oxidation sites excluding steroid dienone is 2. The molecule has 0 aliphatic heterocycles. The molecule has 11 aromatic carbocycles. The van der Waals surface area contributed by atoms with Crippen molar-refractivity contribution >= 4 is 60.8 Å². The number of aromatic nitrogens is 11. The molecule has 19 heteroatoms. The van der Waals surface area contributed by atoms with Crippen molar-refractivity contribution in [1.82, 2.24) is 54.8 Å². The van der Waals surface area contributed by atoms with Crippen LogP contribution in [0.3, 0.4) is 0 Å². The Balaban J connectivity index is 0.000000155. The van der Waals surface area contributed by atoms with Crippen LogP contribution in [0.15, 0.2) is 391 Å². The number of pyridine rings is 8. The molecule has 4 radical (unpaired) electrons. The van der Waals surface area contributed by atoms with E-state index in [1.807, 2.05) is 252 Å². The largest absolute Gasteiger partial charge is 0.512 e. The smallest absolute Gasteiger partial charge is 0.216 e. The number of aliphatic hydroxyl groups is 1. The number of ketones is 1. The minimum Gasteiger partial charge on any atom is -0.512 e. The van der Waals surface area contributed by atoms with Crippen molar-refractivity contribution in [1.29, 1.82) is 0 Å². The number of furan rings is 2. The van der Waals surface area contributed by atoms with Gasteiger partial charge in [0.2, 0.25) is 11.4 Å². The summed E-state index contributed by atoms with van der Waals surface area (Å²) < 4.78 is 20.1. The molecule has 1 N–H and O–H groups in total.